The number of amides is 2. The van der Waals surface area contributed by atoms with Gasteiger partial charge in [0.2, 0.25) is 5.91 Å². The summed E-state index contributed by atoms with van der Waals surface area (Å²) in [6.07, 6.45) is 0.338. The van der Waals surface area contributed by atoms with Gasteiger partial charge in [0, 0.05) is 25.0 Å². The summed E-state index contributed by atoms with van der Waals surface area (Å²) < 4.78 is 5.67. The number of carbonyl (C=O) groups excluding carboxylic acids is 2. The van der Waals surface area contributed by atoms with E-state index in [2.05, 4.69) is 5.32 Å². The van der Waals surface area contributed by atoms with Crippen molar-refractivity contribution >= 4 is 46.6 Å². The molecule has 172 valence electrons. The fourth-order valence-electron chi connectivity index (χ4n) is 3.34. The average Bonchev–Trinajstić information content (AvgIpc) is 2.82. The third-order valence-corrected chi connectivity index (χ3v) is 5.99. The normalized spacial score (nSPS) is 11.5. The van der Waals surface area contributed by atoms with Crippen molar-refractivity contribution in [3.05, 3.63) is 99.0 Å². The van der Waals surface area contributed by atoms with Crippen molar-refractivity contribution in [3.63, 3.8) is 0 Å². The minimum atomic E-state index is -0.762. The van der Waals surface area contributed by atoms with Crippen LogP contribution in [0.15, 0.2) is 72.8 Å². The number of hydrogen-bond donors (Lipinski definition) is 1. The summed E-state index contributed by atoms with van der Waals surface area (Å²) in [4.78, 5) is 27.7. The lowest BCUT2D eigenvalue weighted by molar-refractivity contribution is -0.142. The van der Waals surface area contributed by atoms with E-state index in [1.54, 1.807) is 49.5 Å². The Bertz CT molecular complexity index is 1110. The van der Waals surface area contributed by atoms with E-state index in [0.717, 1.165) is 11.1 Å². The number of carbonyl (C=O) groups is 2. The number of nitrogens with one attached hydrogen (secondary N) is 1. The summed E-state index contributed by atoms with van der Waals surface area (Å²) in [5.41, 5.74) is 1.66. The lowest BCUT2D eigenvalue weighted by Gasteiger charge is -2.31. The fraction of sp³-hybridized carbons (Fsp3) is 0.200. The fourth-order valence-corrected chi connectivity index (χ4v) is 3.84. The number of rotatable bonds is 9. The van der Waals surface area contributed by atoms with Crippen molar-refractivity contribution in [3.8, 4) is 5.75 Å². The molecule has 0 heterocycles. The molecule has 33 heavy (non-hydrogen) atoms. The first kappa shape index (κ1) is 24.9. The number of likely N-dealkylation sites (N-methyl/N-ethyl adjacent to an activating group) is 1. The van der Waals surface area contributed by atoms with Crippen LogP contribution in [0.1, 0.15) is 11.1 Å². The zero-order chi connectivity index (χ0) is 23.8. The number of benzene rings is 3. The summed E-state index contributed by atoms with van der Waals surface area (Å²) in [5.74, 6) is -0.175. The van der Waals surface area contributed by atoms with Gasteiger partial charge in [0.15, 0.2) is 6.61 Å². The minimum Gasteiger partial charge on any atom is -0.484 e. The van der Waals surface area contributed by atoms with E-state index in [4.69, 9.17) is 39.5 Å². The maximum absolute atomic E-state index is 13.3. The van der Waals surface area contributed by atoms with Crippen molar-refractivity contribution in [2.75, 3.05) is 13.7 Å². The van der Waals surface area contributed by atoms with E-state index in [1.165, 1.54) is 4.90 Å². The number of ether oxygens (including phenoxy) is 1. The lowest BCUT2D eigenvalue weighted by Crippen LogP contribution is -2.51. The summed E-state index contributed by atoms with van der Waals surface area (Å²) in [6.45, 7) is -0.108. The molecule has 3 rings (SSSR count). The van der Waals surface area contributed by atoms with Crippen molar-refractivity contribution in [2.45, 2.75) is 19.0 Å². The van der Waals surface area contributed by atoms with E-state index >= 15 is 0 Å². The van der Waals surface area contributed by atoms with Crippen LogP contribution in [0.5, 0.6) is 5.75 Å². The Morgan fingerprint density at radius 1 is 0.909 bits per heavy atom. The Morgan fingerprint density at radius 2 is 1.67 bits per heavy atom. The Morgan fingerprint density at radius 3 is 2.33 bits per heavy atom. The molecule has 0 unspecified atom stereocenters. The van der Waals surface area contributed by atoms with E-state index in [-0.39, 0.29) is 25.0 Å². The quantitative estimate of drug-likeness (QED) is 0.423. The SMILES string of the molecule is CNC(=O)[C@@H](Cc1ccccc1)N(Cc1ccc(Cl)c(Cl)c1)C(=O)COc1cccc(Cl)c1. The monoisotopic (exact) mass is 504 g/mol. The van der Waals surface area contributed by atoms with Gasteiger partial charge in [0.1, 0.15) is 11.8 Å². The van der Waals surface area contributed by atoms with Crippen molar-refractivity contribution < 1.29 is 14.3 Å². The first-order chi connectivity index (χ1) is 15.9. The van der Waals surface area contributed by atoms with Crippen LogP contribution in [0.2, 0.25) is 15.1 Å². The Kier molecular flexibility index (Phi) is 9.01. The van der Waals surface area contributed by atoms with Crippen LogP contribution in [0.25, 0.3) is 0 Å². The van der Waals surface area contributed by atoms with Crippen LogP contribution < -0.4 is 10.1 Å². The lowest BCUT2D eigenvalue weighted by atomic mass is 10.0. The molecule has 1 atom stereocenters. The van der Waals surface area contributed by atoms with Crippen molar-refractivity contribution in [1.82, 2.24) is 10.2 Å². The van der Waals surface area contributed by atoms with Gasteiger partial charge in [0.25, 0.3) is 5.91 Å². The molecule has 3 aromatic carbocycles. The average molecular weight is 506 g/mol. The van der Waals surface area contributed by atoms with Gasteiger partial charge in [-0.2, -0.15) is 0 Å². The van der Waals surface area contributed by atoms with Gasteiger partial charge in [0.05, 0.1) is 10.0 Å². The van der Waals surface area contributed by atoms with Gasteiger partial charge < -0.3 is 15.0 Å². The van der Waals surface area contributed by atoms with Crippen molar-refractivity contribution in [2.24, 2.45) is 0 Å². The number of nitrogens with zero attached hydrogens (tertiary/aromatic N) is 1. The van der Waals surface area contributed by atoms with Gasteiger partial charge in [-0.3, -0.25) is 9.59 Å². The van der Waals surface area contributed by atoms with Crippen LogP contribution >= 0.6 is 34.8 Å². The van der Waals surface area contributed by atoms with E-state index in [9.17, 15) is 9.59 Å². The molecule has 5 nitrogen and oxygen atoms in total. The number of halogens is 3. The third-order valence-electron chi connectivity index (χ3n) is 5.01. The molecule has 2 amide bonds. The van der Waals surface area contributed by atoms with Gasteiger partial charge in [-0.15, -0.1) is 0 Å². The highest BCUT2D eigenvalue weighted by molar-refractivity contribution is 6.42. The van der Waals surface area contributed by atoms with Gasteiger partial charge in [-0.25, -0.2) is 0 Å². The maximum atomic E-state index is 13.3. The molecule has 3 aromatic rings. The summed E-state index contributed by atoms with van der Waals surface area (Å²) >= 11 is 18.2. The van der Waals surface area contributed by atoms with Crippen molar-refractivity contribution in [1.29, 1.82) is 0 Å². The zero-order valence-electron chi connectivity index (χ0n) is 17.9. The van der Waals surface area contributed by atoms with E-state index in [0.29, 0.717) is 27.2 Å². The topological polar surface area (TPSA) is 58.6 Å². The second-order valence-electron chi connectivity index (χ2n) is 7.34. The Labute approximate surface area is 208 Å². The summed E-state index contributed by atoms with van der Waals surface area (Å²) in [5, 5.41) is 3.95. The smallest absolute Gasteiger partial charge is 0.261 e. The molecule has 8 heteroatoms. The second kappa shape index (κ2) is 11.9. The molecule has 0 aliphatic rings. The van der Waals surface area contributed by atoms with Crippen LogP contribution in [0, 0.1) is 0 Å². The Hall–Kier alpha value is -2.73. The molecule has 0 aromatic heterocycles. The van der Waals surface area contributed by atoms with Gasteiger partial charge >= 0.3 is 0 Å². The highest BCUT2D eigenvalue weighted by atomic mass is 35.5. The summed E-state index contributed by atoms with van der Waals surface area (Å²) in [7, 11) is 1.55. The predicted octanol–water partition coefficient (Wildman–Crippen LogP) is 5.41. The molecule has 0 fully saturated rings. The van der Waals surface area contributed by atoms with Gasteiger partial charge in [-0.05, 0) is 41.5 Å². The molecular weight excluding hydrogens is 483 g/mol. The third kappa shape index (κ3) is 7.13. The zero-order valence-corrected chi connectivity index (χ0v) is 20.2. The van der Waals surface area contributed by atoms with Crippen LogP contribution in [-0.4, -0.2) is 36.4 Å². The molecule has 0 bridgehead atoms. The predicted molar refractivity (Wildman–Crippen MR) is 132 cm³/mol. The van der Waals surface area contributed by atoms with Gasteiger partial charge in [-0.1, -0.05) is 77.3 Å². The first-order valence-electron chi connectivity index (χ1n) is 10.2. The molecule has 0 saturated carbocycles. The molecule has 0 aliphatic carbocycles. The molecule has 0 saturated heterocycles. The second-order valence-corrected chi connectivity index (χ2v) is 8.59. The highest BCUT2D eigenvalue weighted by Gasteiger charge is 2.30. The largest absolute Gasteiger partial charge is 0.484 e. The molecule has 0 spiro atoms. The standard InChI is InChI=1S/C25H23Cl3N2O3/c1-29-25(32)23(13-17-6-3-2-4-7-17)30(15-18-10-11-21(27)22(28)12-18)24(31)16-33-20-9-5-8-19(26)14-20/h2-12,14,23H,13,15-16H2,1H3,(H,29,32)/t23-/m1/s1. The molecule has 1 N–H and O–H groups in total. The van der Waals surface area contributed by atoms with Crippen LogP contribution in [-0.2, 0) is 22.6 Å². The molecule has 0 radical (unpaired) electrons. The molecule has 0 aliphatic heterocycles. The van der Waals surface area contributed by atoms with Crippen LogP contribution in [0.3, 0.4) is 0 Å². The maximum Gasteiger partial charge on any atom is 0.261 e. The Balaban J connectivity index is 1.89. The number of hydrogen-bond acceptors (Lipinski definition) is 3. The van der Waals surface area contributed by atoms with E-state index in [1.807, 2.05) is 30.3 Å². The van der Waals surface area contributed by atoms with E-state index < -0.39 is 6.04 Å². The first-order valence-corrected chi connectivity index (χ1v) is 11.4. The highest BCUT2D eigenvalue weighted by Crippen LogP contribution is 2.24. The summed E-state index contributed by atoms with van der Waals surface area (Å²) in [6, 6.07) is 20.7. The molecular formula is C25H23Cl3N2O3. The van der Waals surface area contributed by atoms with Crippen LogP contribution in [0.4, 0.5) is 0 Å². The minimum absolute atomic E-state index is 0.152.